The molecular weight excluding hydrogens is 282 g/mol. The quantitative estimate of drug-likeness (QED) is 0.848. The molecule has 22 heavy (non-hydrogen) atoms. The van der Waals surface area contributed by atoms with E-state index >= 15 is 0 Å². The minimum Gasteiger partial charge on any atom is -0.484 e. The van der Waals surface area contributed by atoms with E-state index in [0.717, 1.165) is 18.7 Å². The van der Waals surface area contributed by atoms with Crippen LogP contribution in [-0.4, -0.2) is 68.0 Å². The molecule has 0 aliphatic carbocycles. The third kappa shape index (κ3) is 5.04. The van der Waals surface area contributed by atoms with Crippen molar-refractivity contribution in [3.05, 3.63) is 29.8 Å². The van der Waals surface area contributed by atoms with E-state index in [1.165, 1.54) is 0 Å². The molecule has 1 heterocycles. The van der Waals surface area contributed by atoms with Crippen molar-refractivity contribution in [2.75, 3.05) is 46.4 Å². The number of rotatable bonds is 5. The van der Waals surface area contributed by atoms with Gasteiger partial charge in [-0.2, -0.15) is 0 Å². The highest BCUT2D eigenvalue weighted by atomic mass is 16.5. The summed E-state index contributed by atoms with van der Waals surface area (Å²) in [7, 11) is 2.03. The SMILES string of the molecule is Cc1ccc(OCC(=O)NCC(=O)N2CCN(C)CC2)cc1. The number of carbonyl (C=O) groups excluding carboxylic acids is 2. The summed E-state index contributed by atoms with van der Waals surface area (Å²) in [4.78, 5) is 27.6. The van der Waals surface area contributed by atoms with E-state index in [1.807, 2.05) is 38.2 Å². The zero-order valence-electron chi connectivity index (χ0n) is 13.2. The Hall–Kier alpha value is -2.08. The summed E-state index contributed by atoms with van der Waals surface area (Å²) < 4.78 is 5.37. The van der Waals surface area contributed by atoms with E-state index in [1.54, 1.807) is 4.90 Å². The molecule has 1 aromatic carbocycles. The molecule has 1 saturated heterocycles. The van der Waals surface area contributed by atoms with Gasteiger partial charge in [-0.1, -0.05) is 17.7 Å². The fourth-order valence-electron chi connectivity index (χ4n) is 2.18. The smallest absolute Gasteiger partial charge is 0.258 e. The molecule has 6 nitrogen and oxygen atoms in total. The summed E-state index contributed by atoms with van der Waals surface area (Å²) in [6.45, 7) is 5.10. The van der Waals surface area contributed by atoms with Crippen molar-refractivity contribution >= 4 is 11.8 Å². The minimum absolute atomic E-state index is 0.0276. The van der Waals surface area contributed by atoms with Gasteiger partial charge in [0.1, 0.15) is 5.75 Å². The highest BCUT2D eigenvalue weighted by Crippen LogP contribution is 2.10. The number of hydrogen-bond donors (Lipinski definition) is 1. The van der Waals surface area contributed by atoms with Crippen LogP contribution in [0.2, 0.25) is 0 Å². The average molecular weight is 305 g/mol. The molecule has 1 aromatic rings. The number of aryl methyl sites for hydroxylation is 1. The molecular formula is C16H23N3O3. The van der Waals surface area contributed by atoms with Gasteiger partial charge in [-0.3, -0.25) is 9.59 Å². The number of nitrogens with one attached hydrogen (secondary N) is 1. The number of carbonyl (C=O) groups is 2. The standard InChI is InChI=1S/C16H23N3O3/c1-13-3-5-14(6-4-13)22-12-15(20)17-11-16(21)19-9-7-18(2)8-10-19/h3-6H,7-12H2,1-2H3,(H,17,20). The van der Waals surface area contributed by atoms with E-state index in [4.69, 9.17) is 4.74 Å². The van der Waals surface area contributed by atoms with Gasteiger partial charge in [0.15, 0.2) is 6.61 Å². The number of benzene rings is 1. The lowest BCUT2D eigenvalue weighted by Gasteiger charge is -2.32. The number of amides is 2. The Morgan fingerprint density at radius 3 is 2.41 bits per heavy atom. The van der Waals surface area contributed by atoms with Crippen molar-refractivity contribution in [3.63, 3.8) is 0 Å². The van der Waals surface area contributed by atoms with E-state index in [9.17, 15) is 9.59 Å². The first-order valence-corrected chi connectivity index (χ1v) is 7.47. The molecule has 6 heteroatoms. The summed E-state index contributed by atoms with van der Waals surface area (Å²) >= 11 is 0. The van der Waals surface area contributed by atoms with Gasteiger partial charge in [0.2, 0.25) is 5.91 Å². The Kier molecular flexibility index (Phi) is 5.77. The second kappa shape index (κ2) is 7.79. The van der Waals surface area contributed by atoms with E-state index < -0.39 is 0 Å². The third-order valence-electron chi connectivity index (χ3n) is 3.68. The summed E-state index contributed by atoms with van der Waals surface area (Å²) in [5.41, 5.74) is 1.13. The molecule has 2 rings (SSSR count). The predicted octanol–water partition coefficient (Wildman–Crippen LogP) is 0.264. The van der Waals surface area contributed by atoms with Crippen LogP contribution in [0.15, 0.2) is 24.3 Å². The van der Waals surface area contributed by atoms with Crippen LogP contribution in [0.5, 0.6) is 5.75 Å². The van der Waals surface area contributed by atoms with Crippen LogP contribution in [-0.2, 0) is 9.59 Å². The van der Waals surface area contributed by atoms with Crippen molar-refractivity contribution in [1.82, 2.24) is 15.1 Å². The largest absolute Gasteiger partial charge is 0.484 e. The monoisotopic (exact) mass is 305 g/mol. The first-order chi connectivity index (χ1) is 10.5. The lowest BCUT2D eigenvalue weighted by Crippen LogP contribution is -2.50. The fourth-order valence-corrected chi connectivity index (χ4v) is 2.18. The highest BCUT2D eigenvalue weighted by molar-refractivity contribution is 5.85. The molecule has 1 aliphatic heterocycles. The summed E-state index contributed by atoms with van der Waals surface area (Å²) in [5, 5.41) is 2.60. The van der Waals surface area contributed by atoms with Crippen molar-refractivity contribution in [3.8, 4) is 5.75 Å². The molecule has 0 spiro atoms. The average Bonchev–Trinajstić information content (AvgIpc) is 2.52. The van der Waals surface area contributed by atoms with Crippen molar-refractivity contribution in [2.24, 2.45) is 0 Å². The van der Waals surface area contributed by atoms with E-state index in [2.05, 4.69) is 10.2 Å². The molecule has 0 bridgehead atoms. The van der Waals surface area contributed by atoms with Crippen LogP contribution in [0.1, 0.15) is 5.56 Å². The van der Waals surface area contributed by atoms with Crippen LogP contribution in [0.4, 0.5) is 0 Å². The van der Waals surface area contributed by atoms with Crippen LogP contribution < -0.4 is 10.1 Å². The maximum atomic E-state index is 12.0. The molecule has 0 atom stereocenters. The van der Waals surface area contributed by atoms with Crippen LogP contribution >= 0.6 is 0 Å². The predicted molar refractivity (Wildman–Crippen MR) is 83.8 cm³/mol. The lowest BCUT2D eigenvalue weighted by atomic mass is 10.2. The molecule has 2 amide bonds. The van der Waals surface area contributed by atoms with Gasteiger partial charge in [0.25, 0.3) is 5.91 Å². The fraction of sp³-hybridized carbons (Fsp3) is 0.500. The lowest BCUT2D eigenvalue weighted by molar-refractivity contribution is -0.134. The Bertz CT molecular complexity index is 508. The first-order valence-electron chi connectivity index (χ1n) is 7.47. The van der Waals surface area contributed by atoms with Gasteiger partial charge in [0, 0.05) is 26.2 Å². The molecule has 1 N–H and O–H groups in total. The molecule has 0 saturated carbocycles. The summed E-state index contributed by atoms with van der Waals surface area (Å²) in [5.74, 6) is 0.311. The van der Waals surface area contributed by atoms with Crippen LogP contribution in [0.25, 0.3) is 0 Å². The Morgan fingerprint density at radius 2 is 1.77 bits per heavy atom. The van der Waals surface area contributed by atoms with Gasteiger partial charge in [-0.25, -0.2) is 0 Å². The maximum Gasteiger partial charge on any atom is 0.258 e. The molecule has 120 valence electrons. The van der Waals surface area contributed by atoms with Crippen molar-refractivity contribution < 1.29 is 14.3 Å². The molecule has 0 unspecified atom stereocenters. The van der Waals surface area contributed by atoms with Gasteiger partial charge in [-0.05, 0) is 26.1 Å². The molecule has 1 aliphatic rings. The minimum atomic E-state index is -0.289. The topological polar surface area (TPSA) is 61.9 Å². The van der Waals surface area contributed by atoms with Gasteiger partial charge < -0.3 is 19.9 Å². The van der Waals surface area contributed by atoms with Gasteiger partial charge >= 0.3 is 0 Å². The third-order valence-corrected chi connectivity index (χ3v) is 3.68. The normalized spacial score (nSPS) is 15.5. The maximum absolute atomic E-state index is 12.0. The number of piperazine rings is 1. The molecule has 0 radical (unpaired) electrons. The zero-order chi connectivity index (χ0) is 15.9. The summed E-state index contributed by atoms with van der Waals surface area (Å²) in [6, 6.07) is 7.48. The van der Waals surface area contributed by atoms with Crippen LogP contribution in [0, 0.1) is 6.92 Å². The Balaban J connectivity index is 1.66. The summed E-state index contributed by atoms with van der Waals surface area (Å²) in [6.07, 6.45) is 0. The second-order valence-electron chi connectivity index (χ2n) is 5.56. The highest BCUT2D eigenvalue weighted by Gasteiger charge is 2.19. The Labute approximate surface area is 131 Å². The van der Waals surface area contributed by atoms with Crippen molar-refractivity contribution in [1.29, 1.82) is 0 Å². The number of hydrogen-bond acceptors (Lipinski definition) is 4. The molecule has 0 aromatic heterocycles. The number of likely N-dealkylation sites (N-methyl/N-ethyl adjacent to an activating group) is 1. The van der Waals surface area contributed by atoms with Gasteiger partial charge in [0.05, 0.1) is 6.54 Å². The van der Waals surface area contributed by atoms with Gasteiger partial charge in [-0.15, -0.1) is 0 Å². The number of nitrogens with zero attached hydrogens (tertiary/aromatic N) is 2. The first kappa shape index (κ1) is 16.3. The zero-order valence-corrected chi connectivity index (χ0v) is 13.2. The number of ether oxygens (including phenoxy) is 1. The van der Waals surface area contributed by atoms with E-state index in [-0.39, 0.29) is 25.0 Å². The van der Waals surface area contributed by atoms with Crippen molar-refractivity contribution in [2.45, 2.75) is 6.92 Å². The second-order valence-corrected chi connectivity index (χ2v) is 5.56. The van der Waals surface area contributed by atoms with Crippen LogP contribution in [0.3, 0.4) is 0 Å². The Morgan fingerprint density at radius 1 is 1.14 bits per heavy atom. The van der Waals surface area contributed by atoms with E-state index in [0.29, 0.717) is 18.8 Å². The molecule has 1 fully saturated rings.